The quantitative estimate of drug-likeness (QED) is 0.615. The second kappa shape index (κ2) is 5.62. The molecule has 0 atom stereocenters. The SMILES string of the molecule is Cc1ccc(-c2nc(N)nc3c2nnn3Cc2c(F)cccc2F)o1. The first-order valence-corrected chi connectivity index (χ1v) is 7.39. The average molecular weight is 342 g/mol. The van der Waals surface area contributed by atoms with Crippen molar-refractivity contribution in [3.63, 3.8) is 0 Å². The van der Waals surface area contributed by atoms with E-state index in [1.165, 1.54) is 22.9 Å². The molecule has 126 valence electrons. The highest BCUT2D eigenvalue weighted by Crippen LogP contribution is 2.27. The van der Waals surface area contributed by atoms with E-state index in [1.54, 1.807) is 19.1 Å². The van der Waals surface area contributed by atoms with Crippen LogP contribution in [0.15, 0.2) is 34.7 Å². The van der Waals surface area contributed by atoms with Crippen molar-refractivity contribution in [2.75, 3.05) is 5.73 Å². The van der Waals surface area contributed by atoms with Gasteiger partial charge in [0.05, 0.1) is 6.54 Å². The highest BCUT2D eigenvalue weighted by atomic mass is 19.1. The van der Waals surface area contributed by atoms with Gasteiger partial charge in [-0.05, 0) is 31.2 Å². The van der Waals surface area contributed by atoms with Gasteiger partial charge in [0.2, 0.25) is 5.95 Å². The van der Waals surface area contributed by atoms with E-state index in [9.17, 15) is 8.78 Å². The maximum Gasteiger partial charge on any atom is 0.222 e. The topological polar surface area (TPSA) is 95.6 Å². The second-order valence-electron chi connectivity index (χ2n) is 5.46. The van der Waals surface area contributed by atoms with Gasteiger partial charge in [-0.2, -0.15) is 4.98 Å². The fourth-order valence-electron chi connectivity index (χ4n) is 2.55. The molecule has 3 heterocycles. The van der Waals surface area contributed by atoms with E-state index in [-0.39, 0.29) is 23.7 Å². The zero-order valence-corrected chi connectivity index (χ0v) is 13.1. The van der Waals surface area contributed by atoms with Crippen molar-refractivity contribution in [1.82, 2.24) is 25.0 Å². The maximum atomic E-state index is 13.9. The molecular formula is C16H12F2N6O. The number of fused-ring (bicyclic) bond motifs is 1. The van der Waals surface area contributed by atoms with Gasteiger partial charge in [-0.25, -0.2) is 18.4 Å². The minimum atomic E-state index is -0.674. The molecule has 1 aromatic carbocycles. The van der Waals surface area contributed by atoms with E-state index >= 15 is 0 Å². The Morgan fingerprint density at radius 2 is 1.88 bits per heavy atom. The molecule has 4 aromatic rings. The number of nitrogens with zero attached hydrogens (tertiary/aromatic N) is 5. The first-order chi connectivity index (χ1) is 12.0. The van der Waals surface area contributed by atoms with Crippen LogP contribution in [0.1, 0.15) is 11.3 Å². The van der Waals surface area contributed by atoms with E-state index in [0.717, 1.165) is 0 Å². The number of hydrogen-bond acceptors (Lipinski definition) is 6. The van der Waals surface area contributed by atoms with Gasteiger partial charge in [-0.15, -0.1) is 5.10 Å². The molecule has 7 nitrogen and oxygen atoms in total. The molecule has 0 amide bonds. The summed E-state index contributed by atoms with van der Waals surface area (Å²) < 4.78 is 34.6. The van der Waals surface area contributed by atoms with E-state index in [2.05, 4.69) is 20.3 Å². The van der Waals surface area contributed by atoms with Crippen molar-refractivity contribution < 1.29 is 13.2 Å². The van der Waals surface area contributed by atoms with E-state index < -0.39 is 11.6 Å². The van der Waals surface area contributed by atoms with Crippen LogP contribution >= 0.6 is 0 Å². The Morgan fingerprint density at radius 3 is 2.56 bits per heavy atom. The summed E-state index contributed by atoms with van der Waals surface area (Å²) in [7, 11) is 0. The summed E-state index contributed by atoms with van der Waals surface area (Å²) in [5.74, 6) is -0.212. The fraction of sp³-hybridized carbons (Fsp3) is 0.125. The number of nitrogen functional groups attached to an aromatic ring is 1. The van der Waals surface area contributed by atoms with Crippen molar-refractivity contribution in [2.24, 2.45) is 0 Å². The first-order valence-electron chi connectivity index (χ1n) is 7.39. The lowest BCUT2D eigenvalue weighted by Gasteiger charge is -2.06. The number of furan rings is 1. The first kappa shape index (κ1) is 15.2. The predicted molar refractivity (Wildman–Crippen MR) is 85.4 cm³/mol. The van der Waals surface area contributed by atoms with Crippen LogP contribution < -0.4 is 5.73 Å². The highest BCUT2D eigenvalue weighted by Gasteiger charge is 2.19. The molecule has 0 saturated heterocycles. The standard InChI is InChI=1S/C16H12F2N6O/c1-8-5-6-12(25-8)13-14-15(21-16(19)20-13)24(23-22-14)7-9-10(17)3-2-4-11(9)18/h2-6H,7H2,1H3,(H2,19,20,21). The highest BCUT2D eigenvalue weighted by molar-refractivity contribution is 5.86. The lowest BCUT2D eigenvalue weighted by molar-refractivity contribution is 0.531. The van der Waals surface area contributed by atoms with Crippen LogP contribution in [0.4, 0.5) is 14.7 Å². The monoisotopic (exact) mass is 342 g/mol. The Labute approximate surface area is 140 Å². The lowest BCUT2D eigenvalue weighted by Crippen LogP contribution is -2.08. The molecule has 0 aliphatic rings. The smallest absolute Gasteiger partial charge is 0.222 e. The van der Waals surface area contributed by atoms with Gasteiger partial charge >= 0.3 is 0 Å². The third-order valence-electron chi connectivity index (χ3n) is 3.72. The van der Waals surface area contributed by atoms with Gasteiger partial charge < -0.3 is 10.2 Å². The zero-order chi connectivity index (χ0) is 17.6. The number of rotatable bonds is 3. The summed E-state index contributed by atoms with van der Waals surface area (Å²) >= 11 is 0. The van der Waals surface area contributed by atoms with Crippen LogP contribution in [0.2, 0.25) is 0 Å². The van der Waals surface area contributed by atoms with Crippen molar-refractivity contribution in [2.45, 2.75) is 13.5 Å². The lowest BCUT2D eigenvalue weighted by atomic mass is 10.2. The van der Waals surface area contributed by atoms with Gasteiger partial charge in [-0.1, -0.05) is 11.3 Å². The number of halogens is 2. The number of aryl methyl sites for hydroxylation is 1. The number of aromatic nitrogens is 5. The van der Waals surface area contributed by atoms with Crippen LogP contribution in [0.25, 0.3) is 22.6 Å². The fourth-order valence-corrected chi connectivity index (χ4v) is 2.55. The van der Waals surface area contributed by atoms with Gasteiger partial charge in [0, 0.05) is 5.56 Å². The third kappa shape index (κ3) is 2.59. The molecule has 3 aromatic heterocycles. The summed E-state index contributed by atoms with van der Waals surface area (Å²) in [5, 5.41) is 7.97. The van der Waals surface area contributed by atoms with Gasteiger partial charge in [0.15, 0.2) is 16.9 Å². The van der Waals surface area contributed by atoms with Crippen LogP contribution in [0.3, 0.4) is 0 Å². The van der Waals surface area contributed by atoms with Gasteiger partial charge in [0.1, 0.15) is 23.1 Å². The largest absolute Gasteiger partial charge is 0.460 e. The molecule has 4 rings (SSSR count). The molecule has 9 heteroatoms. The van der Waals surface area contributed by atoms with Crippen molar-refractivity contribution in [3.8, 4) is 11.5 Å². The number of nitrogens with two attached hydrogens (primary N) is 1. The number of benzene rings is 1. The van der Waals surface area contributed by atoms with Crippen LogP contribution in [0, 0.1) is 18.6 Å². The molecule has 2 N–H and O–H groups in total. The normalized spacial score (nSPS) is 11.3. The van der Waals surface area contributed by atoms with Gasteiger partial charge in [-0.3, -0.25) is 0 Å². The molecule has 25 heavy (non-hydrogen) atoms. The predicted octanol–water partition coefficient (Wildman–Crippen LogP) is 2.70. The minimum Gasteiger partial charge on any atom is -0.460 e. The third-order valence-corrected chi connectivity index (χ3v) is 3.72. The van der Waals surface area contributed by atoms with Crippen LogP contribution in [-0.2, 0) is 6.54 Å². The molecule has 0 aliphatic carbocycles. The molecule has 0 saturated carbocycles. The van der Waals surface area contributed by atoms with Crippen molar-refractivity contribution >= 4 is 17.1 Å². The molecule has 0 spiro atoms. The Balaban J connectivity index is 1.86. The van der Waals surface area contributed by atoms with E-state index in [0.29, 0.717) is 22.7 Å². The Bertz CT molecular complexity index is 1070. The maximum absolute atomic E-state index is 13.9. The minimum absolute atomic E-state index is 0.0193. The zero-order valence-electron chi connectivity index (χ0n) is 13.1. The molecular weight excluding hydrogens is 330 g/mol. The Kier molecular flexibility index (Phi) is 3.41. The average Bonchev–Trinajstić information content (AvgIpc) is 3.17. The second-order valence-corrected chi connectivity index (χ2v) is 5.46. The van der Waals surface area contributed by atoms with Crippen molar-refractivity contribution in [3.05, 3.63) is 53.3 Å². The molecule has 0 fully saturated rings. The van der Waals surface area contributed by atoms with E-state index in [1.807, 2.05) is 0 Å². The Morgan fingerprint density at radius 1 is 1.12 bits per heavy atom. The van der Waals surface area contributed by atoms with Crippen molar-refractivity contribution in [1.29, 1.82) is 0 Å². The molecule has 0 unspecified atom stereocenters. The summed E-state index contributed by atoms with van der Waals surface area (Å²) in [5.41, 5.74) is 6.60. The van der Waals surface area contributed by atoms with Crippen LogP contribution in [0.5, 0.6) is 0 Å². The number of hydrogen-bond donors (Lipinski definition) is 1. The van der Waals surface area contributed by atoms with Crippen LogP contribution in [-0.4, -0.2) is 25.0 Å². The summed E-state index contributed by atoms with van der Waals surface area (Å²) in [6.07, 6.45) is 0. The molecule has 0 bridgehead atoms. The van der Waals surface area contributed by atoms with Gasteiger partial charge in [0.25, 0.3) is 0 Å². The molecule has 0 aliphatic heterocycles. The summed E-state index contributed by atoms with van der Waals surface area (Å²) in [6.45, 7) is 1.62. The Hall–Kier alpha value is -3.36. The van der Waals surface area contributed by atoms with E-state index in [4.69, 9.17) is 10.2 Å². The molecule has 0 radical (unpaired) electrons. The summed E-state index contributed by atoms with van der Waals surface area (Å²) in [6, 6.07) is 7.16. The summed E-state index contributed by atoms with van der Waals surface area (Å²) in [4.78, 5) is 8.25. The number of anilines is 1.